The number of hydrogen-bond acceptors (Lipinski definition) is 4. The minimum Gasteiger partial charge on any atom is -0.490 e. The van der Waals surface area contributed by atoms with Gasteiger partial charge in [0, 0.05) is 25.5 Å². The van der Waals surface area contributed by atoms with E-state index in [9.17, 15) is 9.90 Å². The number of aromatic nitrogens is 1. The lowest BCUT2D eigenvalue weighted by Crippen LogP contribution is -2.40. The number of amides is 1. The fourth-order valence-electron chi connectivity index (χ4n) is 5.71. The average molecular weight is 568 g/mol. The Morgan fingerprint density at radius 3 is 2.42 bits per heavy atom. The minimum absolute atomic E-state index is 0. The fraction of sp³-hybridized carbons (Fsp3) is 0.406. The third kappa shape index (κ3) is 6.96. The summed E-state index contributed by atoms with van der Waals surface area (Å²) in [6.07, 6.45) is 1.60. The van der Waals surface area contributed by atoms with Gasteiger partial charge in [-0.2, -0.15) is 0 Å². The van der Waals surface area contributed by atoms with Crippen molar-refractivity contribution in [3.8, 4) is 5.75 Å². The molecule has 1 unspecified atom stereocenters. The molecule has 216 valence electrons. The van der Waals surface area contributed by atoms with E-state index in [0.717, 1.165) is 43.4 Å². The van der Waals surface area contributed by atoms with Crippen molar-refractivity contribution >= 4 is 40.0 Å². The Kier molecular flexibility index (Phi) is 11.0. The van der Waals surface area contributed by atoms with E-state index in [1.807, 2.05) is 24.3 Å². The Bertz CT molecular complexity index is 1410. The van der Waals surface area contributed by atoms with Crippen LogP contribution in [-0.4, -0.2) is 65.3 Å². The molecule has 0 spiro atoms. The molecule has 1 atom stereocenters. The van der Waals surface area contributed by atoms with Crippen LogP contribution in [0.3, 0.4) is 0 Å². The maximum absolute atomic E-state index is 12.5. The average Bonchev–Trinajstić information content (AvgIpc) is 3.30. The van der Waals surface area contributed by atoms with Gasteiger partial charge in [0.05, 0.1) is 5.52 Å². The van der Waals surface area contributed by atoms with Crippen molar-refractivity contribution < 1.29 is 20.1 Å². The molecule has 0 saturated carbocycles. The summed E-state index contributed by atoms with van der Waals surface area (Å²) < 4.78 is 8.18. The monoisotopic (exact) mass is 567 g/mol. The van der Waals surface area contributed by atoms with Gasteiger partial charge in [0.25, 0.3) is 5.91 Å². The highest BCUT2D eigenvalue weighted by Gasteiger charge is 2.23. The number of β-amino-alcohol motifs (C(OH)–C–C–N with tert-alkyl or cyclic N) is 1. The van der Waals surface area contributed by atoms with Crippen molar-refractivity contribution in [2.45, 2.75) is 45.3 Å². The number of benzene rings is 3. The van der Waals surface area contributed by atoms with Gasteiger partial charge in [-0.05, 0) is 72.3 Å². The second-order valence-electron chi connectivity index (χ2n) is 10.9. The van der Waals surface area contributed by atoms with E-state index < -0.39 is 6.10 Å². The lowest BCUT2D eigenvalue weighted by molar-refractivity contribution is 0.0599. The number of fused-ring (bicyclic) bond motifs is 2. The molecule has 1 aromatic heterocycles. The number of piperidine rings is 1. The maximum Gasteiger partial charge on any atom is 0.267 e. The highest BCUT2D eigenvalue weighted by Crippen LogP contribution is 2.32. The van der Waals surface area contributed by atoms with Gasteiger partial charge >= 0.3 is 0 Å². The summed E-state index contributed by atoms with van der Waals surface area (Å²) in [5.41, 5.74) is 3.02. The highest BCUT2D eigenvalue weighted by atomic mass is 35.5. The van der Waals surface area contributed by atoms with Crippen molar-refractivity contribution in [1.29, 1.82) is 0 Å². The number of aliphatic hydroxyl groups is 1. The summed E-state index contributed by atoms with van der Waals surface area (Å²) in [6, 6.07) is 23.2. The molecule has 0 aliphatic carbocycles. The Hall–Kier alpha value is -3.10. The number of ether oxygens (including phenoxy) is 1. The Morgan fingerprint density at radius 1 is 1.00 bits per heavy atom. The molecule has 1 fully saturated rings. The maximum atomic E-state index is 12.5. The fourth-order valence-corrected chi connectivity index (χ4v) is 5.71. The number of nitrogens with one attached hydrogen (secondary N) is 1. The summed E-state index contributed by atoms with van der Waals surface area (Å²) in [5, 5.41) is 17.0. The molecule has 3 aromatic carbocycles. The number of carbonyl (C=O) groups excluding carboxylic acids is 1. The van der Waals surface area contributed by atoms with Gasteiger partial charge in [0.1, 0.15) is 24.2 Å². The third-order valence-electron chi connectivity index (χ3n) is 7.65. The van der Waals surface area contributed by atoms with E-state index in [0.29, 0.717) is 29.8 Å². The zero-order valence-corrected chi connectivity index (χ0v) is 24.4. The van der Waals surface area contributed by atoms with Gasteiger partial charge in [-0.1, -0.05) is 62.4 Å². The molecule has 2 heterocycles. The van der Waals surface area contributed by atoms with E-state index in [2.05, 4.69) is 71.1 Å². The lowest BCUT2D eigenvalue weighted by atomic mass is 9.88. The largest absolute Gasteiger partial charge is 0.490 e. The molecule has 5 rings (SSSR count). The van der Waals surface area contributed by atoms with E-state index in [4.69, 9.17) is 4.74 Å². The first-order valence-electron chi connectivity index (χ1n) is 13.8. The molecule has 4 aromatic rings. The number of aliphatic hydroxyl groups excluding tert-OH is 1. The first kappa shape index (κ1) is 31.4. The molecule has 1 aliphatic heterocycles. The van der Waals surface area contributed by atoms with Crippen LogP contribution < -0.4 is 10.1 Å². The van der Waals surface area contributed by atoms with E-state index >= 15 is 0 Å². The Balaban J connectivity index is 0.00000220. The van der Waals surface area contributed by atoms with E-state index in [-0.39, 0.29) is 30.4 Å². The SMILES string of the molecule is CNC(=O)c1cc2c(OCC(O)CN3CCC(c4ccc5ccccc5c4)CC3)cccc2n1CC(C)C.Cl.O. The predicted molar refractivity (Wildman–Crippen MR) is 165 cm³/mol. The summed E-state index contributed by atoms with van der Waals surface area (Å²) in [5.74, 6) is 1.54. The number of nitrogens with zero attached hydrogens (tertiary/aromatic N) is 2. The van der Waals surface area contributed by atoms with Crippen molar-refractivity contribution in [3.05, 3.63) is 78.0 Å². The van der Waals surface area contributed by atoms with Gasteiger partial charge in [0.15, 0.2) is 0 Å². The van der Waals surface area contributed by atoms with Crippen LogP contribution in [0.4, 0.5) is 0 Å². The van der Waals surface area contributed by atoms with E-state index in [1.165, 1.54) is 16.3 Å². The first-order chi connectivity index (χ1) is 18.4. The molecular formula is C32H42ClN3O4. The van der Waals surface area contributed by atoms with Crippen LogP contribution in [0.1, 0.15) is 48.7 Å². The van der Waals surface area contributed by atoms with Crippen LogP contribution >= 0.6 is 12.4 Å². The second kappa shape index (κ2) is 14.0. The number of halogens is 1. The molecule has 0 radical (unpaired) electrons. The molecule has 7 nitrogen and oxygen atoms in total. The smallest absolute Gasteiger partial charge is 0.267 e. The molecule has 1 saturated heterocycles. The standard InChI is InChI=1S/C32H39N3O3.ClH.H2O/c1-22(2)19-35-29-9-6-10-31(28(29)18-30(35)32(37)33-3)38-21-27(36)20-34-15-13-24(14-16-34)26-12-11-23-7-4-5-8-25(23)17-26;;/h4-12,17-18,22,24,27,36H,13-16,19-21H2,1-3H3,(H,33,37);1H;1H2. The van der Waals surface area contributed by atoms with Crippen LogP contribution in [0.15, 0.2) is 66.7 Å². The highest BCUT2D eigenvalue weighted by molar-refractivity contribution is 6.00. The van der Waals surface area contributed by atoms with Crippen molar-refractivity contribution in [2.24, 2.45) is 5.92 Å². The van der Waals surface area contributed by atoms with Gasteiger partial charge < -0.3 is 30.1 Å². The second-order valence-corrected chi connectivity index (χ2v) is 10.9. The third-order valence-corrected chi connectivity index (χ3v) is 7.65. The molecule has 1 amide bonds. The quantitative estimate of drug-likeness (QED) is 0.296. The van der Waals surface area contributed by atoms with Crippen molar-refractivity contribution in [2.75, 3.05) is 33.3 Å². The first-order valence-corrected chi connectivity index (χ1v) is 13.8. The van der Waals surface area contributed by atoms with Crippen LogP contribution in [-0.2, 0) is 6.54 Å². The minimum atomic E-state index is -0.585. The summed E-state index contributed by atoms with van der Waals surface area (Å²) in [7, 11) is 1.65. The number of likely N-dealkylation sites (tertiary alicyclic amines) is 1. The van der Waals surface area contributed by atoms with Crippen LogP contribution in [0, 0.1) is 5.92 Å². The summed E-state index contributed by atoms with van der Waals surface area (Å²) >= 11 is 0. The topological polar surface area (TPSA) is 98.2 Å². The Morgan fingerprint density at radius 2 is 1.73 bits per heavy atom. The molecular weight excluding hydrogens is 526 g/mol. The zero-order valence-electron chi connectivity index (χ0n) is 23.6. The molecule has 0 bridgehead atoms. The summed E-state index contributed by atoms with van der Waals surface area (Å²) in [6.45, 7) is 7.77. The van der Waals surface area contributed by atoms with Crippen molar-refractivity contribution in [1.82, 2.24) is 14.8 Å². The van der Waals surface area contributed by atoms with Crippen molar-refractivity contribution in [3.63, 3.8) is 0 Å². The van der Waals surface area contributed by atoms with Crippen LogP contribution in [0.2, 0.25) is 0 Å². The summed E-state index contributed by atoms with van der Waals surface area (Å²) in [4.78, 5) is 14.9. The number of hydrogen-bond donors (Lipinski definition) is 2. The van der Waals surface area contributed by atoms with E-state index in [1.54, 1.807) is 7.05 Å². The predicted octanol–water partition coefficient (Wildman–Crippen LogP) is 5.03. The van der Waals surface area contributed by atoms with Crippen LogP contribution in [0.5, 0.6) is 5.75 Å². The molecule has 1 aliphatic rings. The van der Waals surface area contributed by atoms with Gasteiger partial charge in [-0.3, -0.25) is 4.79 Å². The molecule has 4 N–H and O–H groups in total. The Labute approximate surface area is 242 Å². The molecule has 40 heavy (non-hydrogen) atoms. The zero-order chi connectivity index (χ0) is 26.6. The number of carbonyl (C=O) groups is 1. The van der Waals surface area contributed by atoms with Gasteiger partial charge in [0.2, 0.25) is 0 Å². The van der Waals surface area contributed by atoms with Gasteiger partial charge in [-0.25, -0.2) is 0 Å². The van der Waals surface area contributed by atoms with Crippen LogP contribution in [0.25, 0.3) is 21.7 Å². The normalized spacial score (nSPS) is 15.0. The lowest BCUT2D eigenvalue weighted by Gasteiger charge is -2.33. The van der Waals surface area contributed by atoms with Gasteiger partial charge in [-0.15, -0.1) is 12.4 Å². The molecule has 8 heteroatoms. The number of rotatable bonds is 9.